The van der Waals surface area contributed by atoms with Crippen LogP contribution in [0.4, 0.5) is 10.5 Å². The number of rotatable bonds is 4. The van der Waals surface area contributed by atoms with Gasteiger partial charge >= 0.3 is 12.1 Å². The Hall–Kier alpha value is -4.05. The van der Waals surface area contributed by atoms with Crippen molar-refractivity contribution in [1.29, 1.82) is 5.26 Å². The Bertz CT molecular complexity index is 1220. The number of aromatic carboxylic acids is 1. The molecule has 2 N–H and O–H groups in total. The van der Waals surface area contributed by atoms with Crippen LogP contribution < -0.4 is 5.32 Å². The van der Waals surface area contributed by atoms with Gasteiger partial charge in [-0.15, -0.1) is 0 Å². The van der Waals surface area contributed by atoms with Crippen LogP contribution in [0.25, 0.3) is 11.1 Å². The van der Waals surface area contributed by atoms with Crippen molar-refractivity contribution < 1.29 is 19.4 Å². The van der Waals surface area contributed by atoms with E-state index in [0.717, 1.165) is 28.7 Å². The fourth-order valence-corrected chi connectivity index (χ4v) is 4.78. The molecule has 1 aromatic heterocycles. The highest BCUT2D eigenvalue weighted by molar-refractivity contribution is 6.00. The molecule has 7 heteroatoms. The molecule has 7 nitrogen and oxygen atoms in total. The zero-order valence-corrected chi connectivity index (χ0v) is 16.6. The molecule has 1 aliphatic carbocycles. The topological polar surface area (TPSA) is 104 Å². The Labute approximate surface area is 178 Å². The second kappa shape index (κ2) is 7.33. The summed E-state index contributed by atoms with van der Waals surface area (Å²) in [7, 11) is 0. The van der Waals surface area contributed by atoms with Gasteiger partial charge in [-0.3, -0.25) is 5.32 Å². The molecule has 2 aromatic carbocycles. The van der Waals surface area contributed by atoms with Crippen molar-refractivity contribution in [3.63, 3.8) is 0 Å². The van der Waals surface area contributed by atoms with Crippen LogP contribution >= 0.6 is 0 Å². The molecule has 1 aliphatic heterocycles. The van der Waals surface area contributed by atoms with Crippen LogP contribution in [0.3, 0.4) is 0 Å². The molecule has 2 aliphatic rings. The first kappa shape index (κ1) is 18.9. The van der Waals surface area contributed by atoms with Gasteiger partial charge in [0, 0.05) is 18.2 Å². The summed E-state index contributed by atoms with van der Waals surface area (Å²) in [6.07, 6.45) is 0.607. The molecule has 154 valence electrons. The molecule has 0 radical (unpaired) electrons. The number of hydrogen-bond donors (Lipinski definition) is 2. The molecule has 0 spiro atoms. The number of nitrogens with zero attached hydrogens (tertiary/aromatic N) is 2. The molecular weight excluding hydrogens is 394 g/mol. The molecule has 0 bridgehead atoms. The number of carboxylic acids is 1. The Morgan fingerprint density at radius 2 is 1.77 bits per heavy atom. The molecule has 0 atom stereocenters. The highest BCUT2D eigenvalue weighted by Gasteiger charge is 2.32. The molecule has 0 fully saturated rings. The van der Waals surface area contributed by atoms with Crippen molar-refractivity contribution in [3.8, 4) is 17.2 Å². The fourth-order valence-electron chi connectivity index (χ4n) is 4.78. The number of nitriles is 1. The zero-order chi connectivity index (χ0) is 21.5. The number of carbonyl (C=O) groups excluding carboxylic acids is 1. The average Bonchev–Trinajstić information content (AvgIpc) is 3.43. The van der Waals surface area contributed by atoms with E-state index in [1.807, 2.05) is 42.5 Å². The van der Waals surface area contributed by atoms with Crippen LogP contribution in [-0.2, 0) is 17.7 Å². The van der Waals surface area contributed by atoms with E-state index < -0.39 is 12.1 Å². The van der Waals surface area contributed by atoms with Crippen LogP contribution in [0, 0.1) is 11.3 Å². The van der Waals surface area contributed by atoms with Gasteiger partial charge in [-0.2, -0.15) is 5.26 Å². The number of aromatic nitrogens is 1. The van der Waals surface area contributed by atoms with Gasteiger partial charge in [-0.05, 0) is 35.1 Å². The first-order valence-corrected chi connectivity index (χ1v) is 10.1. The van der Waals surface area contributed by atoms with Gasteiger partial charge in [-0.25, -0.2) is 9.59 Å². The van der Waals surface area contributed by atoms with E-state index in [9.17, 15) is 20.0 Å². The minimum Gasteiger partial charge on any atom is -0.477 e. The molecule has 0 saturated heterocycles. The third-order valence-corrected chi connectivity index (χ3v) is 6.05. The zero-order valence-electron chi connectivity index (χ0n) is 16.6. The number of amides is 1. The summed E-state index contributed by atoms with van der Waals surface area (Å²) < 4.78 is 7.11. The van der Waals surface area contributed by atoms with E-state index >= 15 is 0 Å². The second-order valence-corrected chi connectivity index (χ2v) is 7.67. The van der Waals surface area contributed by atoms with Gasteiger partial charge < -0.3 is 14.4 Å². The standard InChI is InChI=1S/C24H19N3O4/c25-12-18-20-10-5-11-27(20)22(23(28)29)21(18)26-24(30)31-13-19-16-8-3-1-6-14(16)15-7-2-4-9-17(15)19/h1-4,6-9,19H,5,10-11,13H2,(H,26,30)(H,28,29). The predicted molar refractivity (Wildman–Crippen MR) is 113 cm³/mol. The van der Waals surface area contributed by atoms with Crippen molar-refractivity contribution in [2.75, 3.05) is 11.9 Å². The molecule has 1 amide bonds. The fraction of sp³-hybridized carbons (Fsp3) is 0.208. The van der Waals surface area contributed by atoms with Crippen LogP contribution in [0.5, 0.6) is 0 Å². The van der Waals surface area contributed by atoms with Crippen LogP contribution in [0.2, 0.25) is 0 Å². The number of benzene rings is 2. The highest BCUT2D eigenvalue weighted by atomic mass is 16.5. The third kappa shape index (κ3) is 2.96. The Balaban J connectivity index is 1.39. The first-order valence-electron chi connectivity index (χ1n) is 10.1. The van der Waals surface area contributed by atoms with E-state index in [0.29, 0.717) is 18.7 Å². The summed E-state index contributed by atoms with van der Waals surface area (Å²) in [5.74, 6) is -1.29. The minimum absolute atomic E-state index is 0.0157. The predicted octanol–water partition coefficient (Wildman–Crippen LogP) is 4.37. The van der Waals surface area contributed by atoms with Gasteiger partial charge in [0.05, 0.1) is 11.3 Å². The smallest absolute Gasteiger partial charge is 0.411 e. The third-order valence-electron chi connectivity index (χ3n) is 6.05. The first-order chi connectivity index (χ1) is 15.1. The van der Waals surface area contributed by atoms with E-state index in [2.05, 4.69) is 17.4 Å². The number of ether oxygens (including phenoxy) is 1. The van der Waals surface area contributed by atoms with Crippen molar-refractivity contribution in [3.05, 3.63) is 76.6 Å². The minimum atomic E-state index is -1.18. The number of hydrogen-bond acceptors (Lipinski definition) is 4. The van der Waals surface area contributed by atoms with Crippen molar-refractivity contribution in [1.82, 2.24) is 4.57 Å². The lowest BCUT2D eigenvalue weighted by molar-refractivity contribution is 0.0686. The largest absolute Gasteiger partial charge is 0.477 e. The average molecular weight is 413 g/mol. The molecule has 0 unspecified atom stereocenters. The normalized spacial score (nSPS) is 13.8. The number of fused-ring (bicyclic) bond motifs is 4. The van der Waals surface area contributed by atoms with Gasteiger partial charge in [0.15, 0.2) is 5.69 Å². The lowest BCUT2D eigenvalue weighted by atomic mass is 9.98. The quantitative estimate of drug-likeness (QED) is 0.661. The van der Waals surface area contributed by atoms with Crippen LogP contribution in [0.1, 0.15) is 45.2 Å². The highest BCUT2D eigenvalue weighted by Crippen LogP contribution is 2.44. The maximum atomic E-state index is 12.6. The summed E-state index contributed by atoms with van der Waals surface area (Å²) in [6, 6.07) is 18.1. The number of carboxylic acid groups (broad SMARTS) is 1. The van der Waals surface area contributed by atoms with Crippen molar-refractivity contribution in [2.24, 2.45) is 0 Å². The summed E-state index contributed by atoms with van der Waals surface area (Å²) in [5, 5.41) is 21.7. The maximum absolute atomic E-state index is 12.6. The number of carbonyl (C=O) groups is 2. The summed E-state index contributed by atoms with van der Waals surface area (Å²) in [5.41, 5.74) is 5.20. The van der Waals surface area contributed by atoms with E-state index in [1.165, 1.54) is 0 Å². The number of anilines is 1. The molecule has 31 heavy (non-hydrogen) atoms. The Kier molecular flexibility index (Phi) is 4.48. The summed E-state index contributed by atoms with van der Waals surface area (Å²) >= 11 is 0. The Morgan fingerprint density at radius 1 is 1.13 bits per heavy atom. The lowest BCUT2D eigenvalue weighted by Gasteiger charge is -2.15. The molecular formula is C24H19N3O4. The summed E-state index contributed by atoms with van der Waals surface area (Å²) in [4.78, 5) is 24.4. The van der Waals surface area contributed by atoms with Gasteiger partial charge in [0.2, 0.25) is 0 Å². The van der Waals surface area contributed by atoms with E-state index in [4.69, 9.17) is 4.74 Å². The molecule has 0 saturated carbocycles. The van der Waals surface area contributed by atoms with Gasteiger partial charge in [-0.1, -0.05) is 48.5 Å². The molecule has 3 aromatic rings. The van der Waals surface area contributed by atoms with E-state index in [1.54, 1.807) is 4.57 Å². The van der Waals surface area contributed by atoms with Crippen LogP contribution in [0.15, 0.2) is 48.5 Å². The van der Waals surface area contributed by atoms with Crippen LogP contribution in [-0.4, -0.2) is 28.3 Å². The lowest BCUT2D eigenvalue weighted by Crippen LogP contribution is -2.20. The van der Waals surface area contributed by atoms with E-state index in [-0.39, 0.29) is 29.5 Å². The number of nitrogens with one attached hydrogen (secondary N) is 1. The SMILES string of the molecule is N#Cc1c(NC(=O)OCC2c3ccccc3-c3ccccc32)c(C(=O)O)n2c1CCC2. The molecule has 2 heterocycles. The monoisotopic (exact) mass is 413 g/mol. The summed E-state index contributed by atoms with van der Waals surface area (Å²) in [6.45, 7) is 0.621. The van der Waals surface area contributed by atoms with Gasteiger partial charge in [0.1, 0.15) is 12.7 Å². The van der Waals surface area contributed by atoms with Crippen molar-refractivity contribution in [2.45, 2.75) is 25.3 Å². The second-order valence-electron chi connectivity index (χ2n) is 7.67. The molecule has 5 rings (SSSR count). The van der Waals surface area contributed by atoms with Crippen molar-refractivity contribution >= 4 is 17.7 Å². The maximum Gasteiger partial charge on any atom is 0.411 e. The van der Waals surface area contributed by atoms with Gasteiger partial charge in [0.25, 0.3) is 0 Å². The Morgan fingerprint density at radius 3 is 2.39 bits per heavy atom.